The maximum absolute atomic E-state index is 13.3. The van der Waals surface area contributed by atoms with E-state index in [1.165, 1.54) is 3.58 Å². The zero-order chi connectivity index (χ0) is 27.1. The van der Waals surface area contributed by atoms with Crippen molar-refractivity contribution in [2.24, 2.45) is 17.8 Å². The Morgan fingerprint density at radius 1 is 1.29 bits per heavy atom. The molecule has 210 valence electrons. The molecule has 1 aromatic rings. The number of pyridine rings is 1. The van der Waals surface area contributed by atoms with E-state index in [2.05, 4.69) is 92.8 Å². The number of piperazine rings is 1. The second-order valence-electron chi connectivity index (χ2n) is 10.6. The highest BCUT2D eigenvalue weighted by molar-refractivity contribution is 14.1. The first-order valence-electron chi connectivity index (χ1n) is 13.5. The van der Waals surface area contributed by atoms with Crippen molar-refractivity contribution in [1.29, 1.82) is 0 Å². The Balaban J connectivity index is 1.23. The minimum atomic E-state index is -0.508. The van der Waals surface area contributed by atoms with Gasteiger partial charge in [0.15, 0.2) is 0 Å². The van der Waals surface area contributed by atoms with Gasteiger partial charge in [-0.15, -0.1) is 0 Å². The van der Waals surface area contributed by atoms with Gasteiger partial charge in [-0.05, 0) is 60.9 Å². The first-order chi connectivity index (χ1) is 18.3. The van der Waals surface area contributed by atoms with Crippen LogP contribution in [0.25, 0.3) is 0 Å². The van der Waals surface area contributed by atoms with Crippen LogP contribution in [0.15, 0.2) is 40.1 Å². The Bertz CT molecular complexity index is 979. The fourth-order valence-electron chi connectivity index (χ4n) is 5.29. The van der Waals surface area contributed by atoms with Gasteiger partial charge < -0.3 is 4.74 Å². The summed E-state index contributed by atoms with van der Waals surface area (Å²) in [6, 6.07) is 4.07. The third-order valence-electron chi connectivity index (χ3n) is 7.50. The monoisotopic (exact) mass is 641 g/mol. The molecular weight excluding hydrogens is 600 g/mol. The molecule has 11 heteroatoms. The SMILES string of the molecule is CC1NNN(CC2C=C(I)C=CC2CC(C)C(=O)CN2CCN(Cc3ccc(OCCF)cn3)C[C@H]2C)N1. The number of ether oxygens (including phenoxy) is 1. The normalized spacial score (nSPS) is 27.9. The summed E-state index contributed by atoms with van der Waals surface area (Å²) >= 11 is 2.37. The van der Waals surface area contributed by atoms with Crippen molar-refractivity contribution in [3.05, 3.63) is 45.8 Å². The Kier molecular flexibility index (Phi) is 11.1. The molecule has 5 atom stereocenters. The number of halogens is 2. The van der Waals surface area contributed by atoms with Gasteiger partial charge in [0.25, 0.3) is 0 Å². The molecule has 3 aliphatic rings. The molecule has 9 nitrogen and oxygen atoms in total. The van der Waals surface area contributed by atoms with Gasteiger partial charge in [0, 0.05) is 54.2 Å². The molecule has 1 aromatic heterocycles. The fraction of sp³-hybridized carbons (Fsp3) is 0.630. The van der Waals surface area contributed by atoms with Crippen LogP contribution in [0.2, 0.25) is 0 Å². The second kappa shape index (κ2) is 14.2. The highest BCUT2D eigenvalue weighted by Gasteiger charge is 2.31. The van der Waals surface area contributed by atoms with Crippen LogP contribution in [-0.4, -0.2) is 83.9 Å². The van der Waals surface area contributed by atoms with E-state index in [9.17, 15) is 9.18 Å². The molecule has 2 fully saturated rings. The highest BCUT2D eigenvalue weighted by Crippen LogP contribution is 2.31. The summed E-state index contributed by atoms with van der Waals surface area (Å²) in [5.74, 6) is 1.56. The van der Waals surface area contributed by atoms with Crippen LogP contribution < -0.4 is 21.1 Å². The van der Waals surface area contributed by atoms with Gasteiger partial charge in [-0.2, -0.15) is 10.7 Å². The standard InChI is InChI=1S/C27H41FIN7O2/c1-19(12-22-4-5-24(29)13-23(22)16-36-32-21(3)31-33-36)27(37)18-35-10-9-34(15-20(35)2)17-25-6-7-26(14-30-25)38-11-8-28/h4-7,13-14,19-23,31-33H,8-12,15-18H2,1-3H3/t19?,20-,21?,22?,23?/m1/s1. The van der Waals surface area contributed by atoms with E-state index in [0.29, 0.717) is 36.0 Å². The van der Waals surface area contributed by atoms with Crippen LogP contribution in [0, 0.1) is 17.8 Å². The molecule has 4 unspecified atom stereocenters. The van der Waals surface area contributed by atoms with Crippen molar-refractivity contribution in [1.82, 2.24) is 36.3 Å². The summed E-state index contributed by atoms with van der Waals surface area (Å²) in [4.78, 5) is 22.4. The summed E-state index contributed by atoms with van der Waals surface area (Å²) in [6.07, 6.45) is 9.45. The lowest BCUT2D eigenvalue weighted by atomic mass is 9.81. The number of rotatable bonds is 12. The van der Waals surface area contributed by atoms with E-state index >= 15 is 0 Å². The molecule has 0 spiro atoms. The van der Waals surface area contributed by atoms with E-state index in [1.54, 1.807) is 6.20 Å². The Morgan fingerprint density at radius 3 is 2.82 bits per heavy atom. The van der Waals surface area contributed by atoms with Crippen LogP contribution in [0.3, 0.4) is 0 Å². The molecule has 0 saturated carbocycles. The number of hydrazine groups is 3. The molecule has 0 bridgehead atoms. The Morgan fingerprint density at radius 2 is 2.13 bits per heavy atom. The molecule has 38 heavy (non-hydrogen) atoms. The van der Waals surface area contributed by atoms with Gasteiger partial charge in [-0.1, -0.05) is 25.2 Å². The Hall–Kier alpha value is -1.48. The molecule has 0 amide bonds. The van der Waals surface area contributed by atoms with Crippen LogP contribution in [0.5, 0.6) is 5.75 Å². The van der Waals surface area contributed by atoms with Crippen LogP contribution in [-0.2, 0) is 11.3 Å². The zero-order valence-corrected chi connectivity index (χ0v) is 24.7. The van der Waals surface area contributed by atoms with Crippen LogP contribution in [0.1, 0.15) is 32.9 Å². The van der Waals surface area contributed by atoms with Gasteiger partial charge >= 0.3 is 0 Å². The van der Waals surface area contributed by atoms with Crippen LogP contribution in [0.4, 0.5) is 4.39 Å². The van der Waals surface area contributed by atoms with Gasteiger partial charge in [-0.25, -0.2) is 15.2 Å². The smallest absolute Gasteiger partial charge is 0.149 e. The maximum atomic E-state index is 13.3. The summed E-state index contributed by atoms with van der Waals surface area (Å²) < 4.78 is 18.8. The Labute approximate surface area is 239 Å². The third-order valence-corrected chi connectivity index (χ3v) is 8.22. The number of nitrogens with one attached hydrogen (secondary N) is 3. The van der Waals surface area contributed by atoms with Gasteiger partial charge in [-0.3, -0.25) is 19.6 Å². The van der Waals surface area contributed by atoms with Crippen molar-refractivity contribution < 1.29 is 13.9 Å². The summed E-state index contributed by atoms with van der Waals surface area (Å²) in [7, 11) is 0. The van der Waals surface area contributed by atoms with Crippen molar-refractivity contribution in [2.75, 3.05) is 46.0 Å². The minimum absolute atomic E-state index is 0.000384. The molecule has 3 heterocycles. The summed E-state index contributed by atoms with van der Waals surface area (Å²) in [5, 5.41) is 2.00. The topological polar surface area (TPSA) is 85.0 Å². The molecule has 4 rings (SSSR count). The number of alkyl halides is 1. The molecule has 2 aliphatic heterocycles. The predicted octanol–water partition coefficient (Wildman–Crippen LogP) is 2.83. The number of Topliss-reactive ketones (excluding diaryl/α,β-unsaturated/α-hetero) is 1. The van der Waals surface area contributed by atoms with Crippen molar-refractivity contribution >= 4 is 28.4 Å². The molecule has 0 aromatic carbocycles. The fourth-order valence-corrected chi connectivity index (χ4v) is 5.96. The quantitative estimate of drug-likeness (QED) is 0.299. The maximum Gasteiger partial charge on any atom is 0.149 e. The predicted molar refractivity (Wildman–Crippen MR) is 155 cm³/mol. The second-order valence-corrected chi connectivity index (χ2v) is 11.9. The number of carbonyl (C=O) groups is 1. The molecule has 0 radical (unpaired) electrons. The van der Waals surface area contributed by atoms with E-state index in [-0.39, 0.29) is 18.7 Å². The number of nitrogens with zero attached hydrogens (tertiary/aromatic N) is 4. The number of hydrogen-bond acceptors (Lipinski definition) is 9. The lowest BCUT2D eigenvalue weighted by Gasteiger charge is -2.40. The van der Waals surface area contributed by atoms with Gasteiger partial charge in [0.2, 0.25) is 0 Å². The van der Waals surface area contributed by atoms with Gasteiger partial charge in [0.1, 0.15) is 24.8 Å². The first kappa shape index (κ1) is 29.5. The van der Waals surface area contributed by atoms with E-state index in [0.717, 1.165) is 44.8 Å². The van der Waals surface area contributed by atoms with E-state index in [4.69, 9.17) is 4.74 Å². The number of aromatic nitrogens is 1. The molecular formula is C27H41FIN7O2. The largest absolute Gasteiger partial charge is 0.489 e. The number of ketones is 1. The van der Waals surface area contributed by atoms with Crippen molar-refractivity contribution in [3.8, 4) is 5.75 Å². The lowest BCUT2D eigenvalue weighted by Crippen LogP contribution is -2.53. The number of hydrogen-bond donors (Lipinski definition) is 3. The zero-order valence-electron chi connectivity index (χ0n) is 22.6. The highest BCUT2D eigenvalue weighted by atomic mass is 127. The third kappa shape index (κ3) is 8.51. The molecule has 3 N–H and O–H groups in total. The van der Waals surface area contributed by atoms with Crippen molar-refractivity contribution in [3.63, 3.8) is 0 Å². The first-order valence-corrected chi connectivity index (χ1v) is 14.6. The number of allylic oxidation sites excluding steroid dienone is 3. The molecule has 2 saturated heterocycles. The van der Waals surface area contributed by atoms with Crippen molar-refractivity contribution in [2.45, 2.75) is 45.9 Å². The van der Waals surface area contributed by atoms with Crippen LogP contribution >= 0.6 is 22.6 Å². The summed E-state index contributed by atoms with van der Waals surface area (Å²) in [5.41, 5.74) is 10.6. The minimum Gasteiger partial charge on any atom is -0.489 e. The lowest BCUT2D eigenvalue weighted by molar-refractivity contribution is -0.125. The average Bonchev–Trinajstić information content (AvgIpc) is 3.31. The molecule has 1 aliphatic carbocycles. The number of carbonyl (C=O) groups excluding carboxylic acids is 1. The van der Waals surface area contributed by atoms with E-state index < -0.39 is 6.67 Å². The average molecular weight is 642 g/mol. The summed E-state index contributed by atoms with van der Waals surface area (Å²) in [6.45, 7) is 10.6. The van der Waals surface area contributed by atoms with E-state index in [1.807, 2.05) is 17.3 Å². The van der Waals surface area contributed by atoms with Gasteiger partial charge in [0.05, 0.1) is 24.6 Å².